The standard InChI is InChI=1S/C19H19FN4O3S/c1-2-9-24-17(12-27-15-7-5-14(20)6-8-15)22-23-19(24)28-13-18(25)21-11-16-4-3-10-26-16/h2-8,10H,1,9,11-13H2,(H,21,25). The number of thioether (sulfide) groups is 1. The third-order valence-electron chi connectivity index (χ3n) is 3.66. The fourth-order valence-corrected chi connectivity index (χ4v) is 3.10. The van der Waals surface area contributed by atoms with Crippen LogP contribution in [0.3, 0.4) is 0 Å². The summed E-state index contributed by atoms with van der Waals surface area (Å²) in [4.78, 5) is 12.0. The van der Waals surface area contributed by atoms with Crippen LogP contribution < -0.4 is 10.1 Å². The van der Waals surface area contributed by atoms with Gasteiger partial charge >= 0.3 is 0 Å². The van der Waals surface area contributed by atoms with E-state index in [2.05, 4.69) is 22.1 Å². The lowest BCUT2D eigenvalue weighted by molar-refractivity contribution is -0.118. The zero-order valence-corrected chi connectivity index (χ0v) is 15.8. The van der Waals surface area contributed by atoms with Gasteiger partial charge in [-0.1, -0.05) is 17.8 Å². The fraction of sp³-hybridized carbons (Fsp3) is 0.211. The van der Waals surface area contributed by atoms with Crippen molar-refractivity contribution in [1.29, 1.82) is 0 Å². The molecule has 0 radical (unpaired) electrons. The van der Waals surface area contributed by atoms with E-state index >= 15 is 0 Å². The van der Waals surface area contributed by atoms with E-state index in [0.29, 0.717) is 35.6 Å². The van der Waals surface area contributed by atoms with Crippen LogP contribution in [-0.4, -0.2) is 26.4 Å². The van der Waals surface area contributed by atoms with Crippen molar-refractivity contribution in [3.8, 4) is 5.75 Å². The first-order chi connectivity index (χ1) is 13.7. The Hall–Kier alpha value is -3.07. The Morgan fingerprint density at radius 3 is 2.86 bits per heavy atom. The van der Waals surface area contributed by atoms with Gasteiger partial charge in [-0.05, 0) is 36.4 Å². The van der Waals surface area contributed by atoms with Gasteiger partial charge in [0.25, 0.3) is 0 Å². The molecule has 2 aromatic heterocycles. The highest BCUT2D eigenvalue weighted by Gasteiger charge is 2.14. The molecule has 1 N–H and O–H groups in total. The van der Waals surface area contributed by atoms with Crippen LogP contribution in [0.25, 0.3) is 0 Å². The van der Waals surface area contributed by atoms with Crippen LogP contribution in [0.2, 0.25) is 0 Å². The van der Waals surface area contributed by atoms with Crippen LogP contribution in [0.15, 0.2) is 64.9 Å². The number of carbonyl (C=O) groups is 1. The number of nitrogens with zero attached hydrogens (tertiary/aromatic N) is 3. The third-order valence-corrected chi connectivity index (χ3v) is 4.63. The predicted octanol–water partition coefficient (Wildman–Crippen LogP) is 3.18. The molecule has 7 nitrogen and oxygen atoms in total. The maximum Gasteiger partial charge on any atom is 0.230 e. The number of aromatic nitrogens is 3. The number of furan rings is 1. The molecule has 1 aromatic carbocycles. The molecule has 1 amide bonds. The molecule has 28 heavy (non-hydrogen) atoms. The predicted molar refractivity (Wildman–Crippen MR) is 102 cm³/mol. The maximum atomic E-state index is 13.0. The second-order valence-electron chi connectivity index (χ2n) is 5.69. The average molecular weight is 402 g/mol. The van der Waals surface area contributed by atoms with Gasteiger partial charge < -0.3 is 14.5 Å². The van der Waals surface area contributed by atoms with Crippen molar-refractivity contribution in [2.75, 3.05) is 5.75 Å². The van der Waals surface area contributed by atoms with Crippen molar-refractivity contribution in [1.82, 2.24) is 20.1 Å². The Labute approximate surface area is 165 Å². The number of hydrogen-bond donors (Lipinski definition) is 1. The van der Waals surface area contributed by atoms with E-state index in [4.69, 9.17) is 9.15 Å². The first kappa shape index (κ1) is 19.7. The first-order valence-electron chi connectivity index (χ1n) is 8.49. The minimum absolute atomic E-state index is 0.140. The summed E-state index contributed by atoms with van der Waals surface area (Å²) in [6.07, 6.45) is 3.27. The van der Waals surface area contributed by atoms with E-state index in [1.165, 1.54) is 23.9 Å². The Balaban J connectivity index is 1.55. The second kappa shape index (κ2) is 9.75. The van der Waals surface area contributed by atoms with Crippen LogP contribution in [0.4, 0.5) is 4.39 Å². The van der Waals surface area contributed by atoms with Gasteiger partial charge in [-0.2, -0.15) is 0 Å². The van der Waals surface area contributed by atoms with Gasteiger partial charge in [0, 0.05) is 6.54 Å². The first-order valence-corrected chi connectivity index (χ1v) is 9.47. The number of allylic oxidation sites excluding steroid dienone is 1. The quantitative estimate of drug-likeness (QED) is 0.414. The summed E-state index contributed by atoms with van der Waals surface area (Å²) in [5.74, 6) is 1.52. The Kier molecular flexibility index (Phi) is 6.85. The number of halogens is 1. The smallest absolute Gasteiger partial charge is 0.230 e. The summed E-state index contributed by atoms with van der Waals surface area (Å²) in [5.41, 5.74) is 0. The number of rotatable bonds is 10. The monoisotopic (exact) mass is 402 g/mol. The number of amides is 1. The number of carbonyl (C=O) groups excluding carboxylic acids is 1. The summed E-state index contributed by atoms with van der Waals surface area (Å²) in [7, 11) is 0. The maximum absolute atomic E-state index is 13.0. The van der Waals surface area contributed by atoms with Crippen molar-refractivity contribution < 1.29 is 18.3 Å². The molecule has 2 heterocycles. The molecular formula is C19H19FN4O3S. The van der Waals surface area contributed by atoms with Crippen molar-refractivity contribution in [2.24, 2.45) is 0 Å². The molecule has 0 atom stereocenters. The lowest BCUT2D eigenvalue weighted by Crippen LogP contribution is -2.24. The minimum atomic E-state index is -0.328. The lowest BCUT2D eigenvalue weighted by Gasteiger charge is -2.09. The van der Waals surface area contributed by atoms with E-state index in [1.807, 2.05) is 4.57 Å². The van der Waals surface area contributed by atoms with Crippen LogP contribution in [0, 0.1) is 5.82 Å². The fourth-order valence-electron chi connectivity index (χ4n) is 2.30. The molecule has 3 rings (SSSR count). The Morgan fingerprint density at radius 1 is 1.32 bits per heavy atom. The minimum Gasteiger partial charge on any atom is -0.486 e. The molecule has 0 unspecified atom stereocenters. The summed E-state index contributed by atoms with van der Waals surface area (Å²) in [6, 6.07) is 9.30. The van der Waals surface area contributed by atoms with Crippen LogP contribution in [0.1, 0.15) is 11.6 Å². The van der Waals surface area contributed by atoms with E-state index in [-0.39, 0.29) is 24.1 Å². The van der Waals surface area contributed by atoms with E-state index < -0.39 is 0 Å². The van der Waals surface area contributed by atoms with Crippen molar-refractivity contribution in [2.45, 2.75) is 24.9 Å². The molecule has 9 heteroatoms. The van der Waals surface area contributed by atoms with Crippen molar-refractivity contribution >= 4 is 17.7 Å². The van der Waals surface area contributed by atoms with Gasteiger partial charge in [0.2, 0.25) is 5.91 Å². The third kappa shape index (κ3) is 5.46. The van der Waals surface area contributed by atoms with Crippen LogP contribution in [0.5, 0.6) is 5.75 Å². The topological polar surface area (TPSA) is 82.2 Å². The molecule has 0 aliphatic carbocycles. The highest BCUT2D eigenvalue weighted by molar-refractivity contribution is 7.99. The number of nitrogens with one attached hydrogen (secondary N) is 1. The van der Waals surface area contributed by atoms with Crippen LogP contribution >= 0.6 is 11.8 Å². The van der Waals surface area contributed by atoms with Gasteiger partial charge in [-0.15, -0.1) is 16.8 Å². The average Bonchev–Trinajstić information content (AvgIpc) is 3.35. The molecule has 3 aromatic rings. The molecule has 0 aliphatic heterocycles. The summed E-state index contributed by atoms with van der Waals surface area (Å²) < 4.78 is 25.6. The van der Waals surface area contributed by atoms with Crippen molar-refractivity contribution in [3.05, 3.63) is 72.7 Å². The van der Waals surface area contributed by atoms with Gasteiger partial charge in [0.05, 0.1) is 18.6 Å². The Bertz CT molecular complexity index is 910. The molecule has 0 bridgehead atoms. The molecule has 0 fully saturated rings. The zero-order chi connectivity index (χ0) is 19.8. The van der Waals surface area contributed by atoms with Gasteiger partial charge in [0.15, 0.2) is 11.0 Å². The summed E-state index contributed by atoms with van der Waals surface area (Å²) in [5, 5.41) is 11.6. The molecule has 0 spiro atoms. The highest BCUT2D eigenvalue weighted by atomic mass is 32.2. The van der Waals surface area contributed by atoms with Gasteiger partial charge in [-0.3, -0.25) is 9.36 Å². The largest absolute Gasteiger partial charge is 0.486 e. The highest BCUT2D eigenvalue weighted by Crippen LogP contribution is 2.19. The summed E-state index contributed by atoms with van der Waals surface area (Å²) in [6.45, 7) is 4.72. The molecular weight excluding hydrogens is 383 g/mol. The number of benzene rings is 1. The Morgan fingerprint density at radius 2 is 2.14 bits per heavy atom. The van der Waals surface area contributed by atoms with E-state index in [9.17, 15) is 9.18 Å². The van der Waals surface area contributed by atoms with Crippen molar-refractivity contribution in [3.63, 3.8) is 0 Å². The van der Waals surface area contributed by atoms with Gasteiger partial charge in [0.1, 0.15) is 23.9 Å². The summed E-state index contributed by atoms with van der Waals surface area (Å²) >= 11 is 1.27. The molecule has 0 aliphatic rings. The molecule has 0 saturated carbocycles. The second-order valence-corrected chi connectivity index (χ2v) is 6.63. The number of ether oxygens (including phenoxy) is 1. The zero-order valence-electron chi connectivity index (χ0n) is 15.0. The van der Waals surface area contributed by atoms with E-state index in [0.717, 1.165) is 0 Å². The van der Waals surface area contributed by atoms with E-state index in [1.54, 1.807) is 36.6 Å². The normalized spacial score (nSPS) is 10.6. The SMILES string of the molecule is C=CCn1c(COc2ccc(F)cc2)nnc1SCC(=O)NCc1ccco1. The van der Waals surface area contributed by atoms with Gasteiger partial charge in [-0.25, -0.2) is 4.39 Å². The molecule has 146 valence electrons. The number of hydrogen-bond acceptors (Lipinski definition) is 6. The van der Waals surface area contributed by atoms with Crippen LogP contribution in [-0.2, 0) is 24.5 Å². The lowest BCUT2D eigenvalue weighted by atomic mass is 10.3. The molecule has 0 saturated heterocycles.